The predicted octanol–water partition coefficient (Wildman–Crippen LogP) is 3.95. The molecule has 0 bridgehead atoms. The minimum atomic E-state index is 0.515. The van der Waals surface area contributed by atoms with Crippen molar-refractivity contribution in [3.63, 3.8) is 0 Å². The molecule has 1 fully saturated rings. The van der Waals surface area contributed by atoms with Crippen LogP contribution in [0.1, 0.15) is 51.0 Å². The van der Waals surface area contributed by atoms with E-state index in [0.29, 0.717) is 6.10 Å². The normalized spacial score (nSPS) is 22.9. The molecular weight excluding hydrogens is 246 g/mol. The molecular formula is C18H29NO. The van der Waals surface area contributed by atoms with Crippen LogP contribution in [-0.2, 0) is 11.2 Å². The van der Waals surface area contributed by atoms with Crippen LogP contribution in [0.25, 0.3) is 0 Å². The largest absolute Gasteiger partial charge is 0.378 e. The highest BCUT2D eigenvalue weighted by atomic mass is 16.5. The molecule has 0 radical (unpaired) electrons. The highest BCUT2D eigenvalue weighted by Gasteiger charge is 2.20. The van der Waals surface area contributed by atoms with Crippen LogP contribution in [0.2, 0.25) is 0 Å². The maximum absolute atomic E-state index is 6.02. The van der Waals surface area contributed by atoms with Crippen LogP contribution in [0.15, 0.2) is 30.3 Å². The van der Waals surface area contributed by atoms with Gasteiger partial charge >= 0.3 is 0 Å². The van der Waals surface area contributed by atoms with Crippen LogP contribution in [0.3, 0.4) is 0 Å². The van der Waals surface area contributed by atoms with Gasteiger partial charge < -0.3 is 10.1 Å². The van der Waals surface area contributed by atoms with Crippen LogP contribution in [-0.4, -0.2) is 25.3 Å². The average Bonchev–Trinajstić information content (AvgIpc) is 2.50. The summed E-state index contributed by atoms with van der Waals surface area (Å²) in [6, 6.07) is 11.5. The van der Waals surface area contributed by atoms with Gasteiger partial charge in [-0.2, -0.15) is 0 Å². The maximum atomic E-state index is 6.02. The van der Waals surface area contributed by atoms with Gasteiger partial charge in [-0.25, -0.2) is 0 Å². The lowest BCUT2D eigenvalue weighted by Crippen LogP contribution is -2.35. The minimum absolute atomic E-state index is 0.515. The highest BCUT2D eigenvalue weighted by Crippen LogP contribution is 2.21. The number of unbranched alkanes of at least 4 members (excludes halogenated alkanes) is 1. The molecule has 0 atom stereocenters. The Bertz CT molecular complexity index is 344. The zero-order chi connectivity index (χ0) is 14.0. The van der Waals surface area contributed by atoms with Gasteiger partial charge in [0, 0.05) is 12.6 Å². The van der Waals surface area contributed by atoms with Crippen molar-refractivity contribution in [2.24, 2.45) is 0 Å². The topological polar surface area (TPSA) is 21.3 Å². The van der Waals surface area contributed by atoms with Gasteiger partial charge in [0.1, 0.15) is 0 Å². The van der Waals surface area contributed by atoms with Crippen molar-refractivity contribution in [3.05, 3.63) is 35.9 Å². The number of hydrogen-bond donors (Lipinski definition) is 1. The molecule has 1 aromatic rings. The third-order valence-corrected chi connectivity index (χ3v) is 4.22. The fraction of sp³-hybridized carbons (Fsp3) is 0.667. The van der Waals surface area contributed by atoms with Gasteiger partial charge in [-0.05, 0) is 57.1 Å². The van der Waals surface area contributed by atoms with Gasteiger partial charge in [-0.1, -0.05) is 37.3 Å². The molecule has 0 amide bonds. The van der Waals surface area contributed by atoms with Crippen LogP contribution in [0, 0.1) is 0 Å². The summed E-state index contributed by atoms with van der Waals surface area (Å²) >= 11 is 0. The van der Waals surface area contributed by atoms with Crippen molar-refractivity contribution < 1.29 is 4.74 Å². The summed E-state index contributed by atoms with van der Waals surface area (Å²) in [6.07, 6.45) is 9.13. The smallest absolute Gasteiger partial charge is 0.0576 e. The fourth-order valence-corrected chi connectivity index (χ4v) is 3.05. The first-order valence-electron chi connectivity index (χ1n) is 8.27. The Morgan fingerprint density at radius 1 is 1.05 bits per heavy atom. The maximum Gasteiger partial charge on any atom is 0.0576 e. The second-order valence-electron chi connectivity index (χ2n) is 5.84. The van der Waals surface area contributed by atoms with Crippen LogP contribution < -0.4 is 5.32 Å². The summed E-state index contributed by atoms with van der Waals surface area (Å²) in [5.41, 5.74) is 1.44. The Morgan fingerprint density at radius 3 is 2.50 bits per heavy atom. The molecule has 0 heterocycles. The molecule has 2 heteroatoms. The Balaban J connectivity index is 1.50. The third kappa shape index (κ3) is 5.64. The molecule has 1 aliphatic rings. The third-order valence-electron chi connectivity index (χ3n) is 4.22. The predicted molar refractivity (Wildman–Crippen MR) is 85.1 cm³/mol. The number of rotatable bonds is 8. The lowest BCUT2D eigenvalue weighted by Gasteiger charge is -2.29. The number of benzene rings is 1. The van der Waals surface area contributed by atoms with Crippen molar-refractivity contribution in [3.8, 4) is 0 Å². The van der Waals surface area contributed by atoms with Gasteiger partial charge in [-0.3, -0.25) is 0 Å². The summed E-state index contributed by atoms with van der Waals surface area (Å²) in [5.74, 6) is 0. The van der Waals surface area contributed by atoms with Gasteiger partial charge in [0.15, 0.2) is 0 Å². The van der Waals surface area contributed by atoms with E-state index in [1.54, 1.807) is 0 Å². The van der Waals surface area contributed by atoms with E-state index in [1.807, 2.05) is 0 Å². The second kappa shape index (κ2) is 9.15. The number of ether oxygens (including phenoxy) is 1. The monoisotopic (exact) mass is 275 g/mol. The quantitative estimate of drug-likeness (QED) is 0.725. The molecule has 112 valence electrons. The van der Waals surface area contributed by atoms with Crippen molar-refractivity contribution in [2.75, 3.05) is 13.2 Å². The van der Waals surface area contributed by atoms with Crippen molar-refractivity contribution >= 4 is 0 Å². The second-order valence-corrected chi connectivity index (χ2v) is 5.84. The van der Waals surface area contributed by atoms with E-state index in [-0.39, 0.29) is 0 Å². The van der Waals surface area contributed by atoms with Gasteiger partial charge in [0.05, 0.1) is 6.10 Å². The molecule has 0 aromatic heterocycles. The minimum Gasteiger partial charge on any atom is -0.378 e. The molecule has 2 nitrogen and oxygen atoms in total. The molecule has 0 spiro atoms. The van der Waals surface area contributed by atoms with Crippen LogP contribution in [0.5, 0.6) is 0 Å². The zero-order valence-electron chi connectivity index (χ0n) is 12.8. The molecule has 2 rings (SSSR count). The summed E-state index contributed by atoms with van der Waals surface area (Å²) in [6.45, 7) is 4.22. The van der Waals surface area contributed by atoms with E-state index in [2.05, 4.69) is 42.6 Å². The molecule has 0 aliphatic heterocycles. The molecule has 1 N–H and O–H groups in total. The SMILES string of the molecule is CCNC1CCC(OCCCCc2ccccc2)CC1. The van der Waals surface area contributed by atoms with Gasteiger partial charge in [-0.15, -0.1) is 0 Å². The number of aryl methyl sites for hydroxylation is 1. The fourth-order valence-electron chi connectivity index (χ4n) is 3.05. The van der Waals surface area contributed by atoms with E-state index in [1.165, 1.54) is 50.5 Å². The van der Waals surface area contributed by atoms with Crippen molar-refractivity contribution in [1.82, 2.24) is 5.32 Å². The lowest BCUT2D eigenvalue weighted by atomic mass is 9.93. The average molecular weight is 275 g/mol. The van der Waals surface area contributed by atoms with Crippen LogP contribution >= 0.6 is 0 Å². The van der Waals surface area contributed by atoms with E-state index in [4.69, 9.17) is 4.74 Å². The summed E-state index contributed by atoms with van der Waals surface area (Å²) in [5, 5.41) is 3.54. The van der Waals surface area contributed by atoms with E-state index >= 15 is 0 Å². The summed E-state index contributed by atoms with van der Waals surface area (Å²) < 4.78 is 6.02. The first kappa shape index (κ1) is 15.5. The molecule has 1 aliphatic carbocycles. The Morgan fingerprint density at radius 2 is 1.80 bits per heavy atom. The van der Waals surface area contributed by atoms with E-state index in [9.17, 15) is 0 Å². The summed E-state index contributed by atoms with van der Waals surface area (Å²) in [7, 11) is 0. The highest BCUT2D eigenvalue weighted by molar-refractivity contribution is 5.14. The van der Waals surface area contributed by atoms with Crippen LogP contribution in [0.4, 0.5) is 0 Å². The van der Waals surface area contributed by atoms with Gasteiger partial charge in [0.2, 0.25) is 0 Å². The molecule has 1 saturated carbocycles. The number of nitrogens with one attached hydrogen (secondary N) is 1. The van der Waals surface area contributed by atoms with Crippen molar-refractivity contribution in [2.45, 2.75) is 64.0 Å². The van der Waals surface area contributed by atoms with E-state index < -0.39 is 0 Å². The zero-order valence-corrected chi connectivity index (χ0v) is 12.8. The Kier molecular flexibility index (Phi) is 7.10. The van der Waals surface area contributed by atoms with Gasteiger partial charge in [0.25, 0.3) is 0 Å². The molecule has 0 saturated heterocycles. The molecule has 1 aromatic carbocycles. The first-order valence-corrected chi connectivity index (χ1v) is 8.27. The molecule has 20 heavy (non-hydrogen) atoms. The first-order chi connectivity index (χ1) is 9.88. The summed E-state index contributed by atoms with van der Waals surface area (Å²) in [4.78, 5) is 0. The van der Waals surface area contributed by atoms with E-state index in [0.717, 1.165) is 19.2 Å². The Hall–Kier alpha value is -0.860. The lowest BCUT2D eigenvalue weighted by molar-refractivity contribution is 0.0208. The molecule has 0 unspecified atom stereocenters. The van der Waals surface area contributed by atoms with Crippen molar-refractivity contribution in [1.29, 1.82) is 0 Å². The Labute approximate surface area is 123 Å². The standard InChI is InChI=1S/C18H29NO/c1-2-19-17-11-13-18(14-12-17)20-15-7-6-10-16-8-4-3-5-9-16/h3-5,8-9,17-19H,2,6-7,10-15H2,1H3. The number of hydrogen-bond acceptors (Lipinski definition) is 2.